The van der Waals surface area contributed by atoms with Crippen molar-refractivity contribution in [3.05, 3.63) is 29.8 Å². The summed E-state index contributed by atoms with van der Waals surface area (Å²) in [7, 11) is 0. The van der Waals surface area contributed by atoms with Crippen LogP contribution in [0.3, 0.4) is 0 Å². The molecule has 0 aliphatic carbocycles. The lowest BCUT2D eigenvalue weighted by molar-refractivity contribution is -0.122. The van der Waals surface area contributed by atoms with Crippen molar-refractivity contribution in [3.63, 3.8) is 0 Å². The highest BCUT2D eigenvalue weighted by Crippen LogP contribution is 2.23. The van der Waals surface area contributed by atoms with Gasteiger partial charge in [0.15, 0.2) is 0 Å². The molecule has 27 heavy (non-hydrogen) atoms. The van der Waals surface area contributed by atoms with E-state index in [1.807, 2.05) is 24.3 Å². The topological polar surface area (TPSA) is 78.7 Å². The molecule has 148 valence electrons. The first-order valence-corrected chi connectivity index (χ1v) is 10.1. The molecular formula is C21H32N4O2. The van der Waals surface area contributed by atoms with E-state index in [2.05, 4.69) is 29.0 Å². The number of benzene rings is 1. The molecule has 0 radical (unpaired) electrons. The monoisotopic (exact) mass is 372 g/mol. The Balaban J connectivity index is 1.54. The van der Waals surface area contributed by atoms with Crippen molar-refractivity contribution in [2.24, 2.45) is 11.7 Å². The van der Waals surface area contributed by atoms with Gasteiger partial charge in [0, 0.05) is 49.5 Å². The van der Waals surface area contributed by atoms with Crippen molar-refractivity contribution in [1.29, 1.82) is 0 Å². The lowest BCUT2D eigenvalue weighted by atomic mass is 9.97. The second kappa shape index (κ2) is 8.74. The molecule has 3 N–H and O–H groups in total. The Bertz CT molecular complexity index is 651. The smallest absolute Gasteiger partial charge is 0.251 e. The second-order valence-corrected chi connectivity index (χ2v) is 8.11. The van der Waals surface area contributed by atoms with Gasteiger partial charge in [-0.1, -0.05) is 0 Å². The Morgan fingerprint density at radius 3 is 2.33 bits per heavy atom. The molecule has 2 heterocycles. The molecule has 1 atom stereocenters. The number of rotatable bonds is 5. The van der Waals surface area contributed by atoms with Crippen molar-refractivity contribution >= 4 is 17.5 Å². The van der Waals surface area contributed by atoms with Crippen LogP contribution in [0.15, 0.2) is 24.3 Å². The number of likely N-dealkylation sites (tertiary alicyclic amines) is 1. The van der Waals surface area contributed by atoms with Crippen LogP contribution in [0.25, 0.3) is 0 Å². The maximum atomic E-state index is 12.6. The SMILES string of the molecule is CC(C)N1CCC(NC(=O)c2ccc(N3CCC[C@@H](C(N)=O)C3)cc2)CC1. The predicted molar refractivity (Wildman–Crippen MR) is 108 cm³/mol. The molecule has 1 aromatic carbocycles. The third kappa shape index (κ3) is 5.01. The largest absolute Gasteiger partial charge is 0.371 e. The van der Waals surface area contributed by atoms with Crippen molar-refractivity contribution in [2.45, 2.75) is 51.6 Å². The number of nitrogens with zero attached hydrogens (tertiary/aromatic N) is 2. The van der Waals surface area contributed by atoms with Crippen LogP contribution in [-0.4, -0.2) is 55.0 Å². The van der Waals surface area contributed by atoms with Gasteiger partial charge in [0.05, 0.1) is 5.92 Å². The highest BCUT2D eigenvalue weighted by molar-refractivity contribution is 5.94. The van der Waals surface area contributed by atoms with Crippen LogP contribution in [0.2, 0.25) is 0 Å². The number of amides is 2. The first-order valence-electron chi connectivity index (χ1n) is 10.1. The highest BCUT2D eigenvalue weighted by atomic mass is 16.2. The molecule has 0 bridgehead atoms. The summed E-state index contributed by atoms with van der Waals surface area (Å²) in [6.07, 6.45) is 3.83. The Morgan fingerprint density at radius 2 is 1.74 bits per heavy atom. The fourth-order valence-corrected chi connectivity index (χ4v) is 4.10. The summed E-state index contributed by atoms with van der Waals surface area (Å²) in [6, 6.07) is 8.52. The molecule has 2 aliphatic rings. The number of anilines is 1. The van der Waals surface area contributed by atoms with Gasteiger partial charge in [0.1, 0.15) is 0 Å². The van der Waals surface area contributed by atoms with Crippen LogP contribution in [0.4, 0.5) is 5.69 Å². The minimum atomic E-state index is -0.223. The molecule has 2 saturated heterocycles. The molecule has 2 aliphatic heterocycles. The Morgan fingerprint density at radius 1 is 1.07 bits per heavy atom. The van der Waals surface area contributed by atoms with Gasteiger partial charge in [0.2, 0.25) is 5.91 Å². The zero-order valence-corrected chi connectivity index (χ0v) is 16.5. The van der Waals surface area contributed by atoms with Crippen LogP contribution in [-0.2, 0) is 4.79 Å². The van der Waals surface area contributed by atoms with Crippen molar-refractivity contribution < 1.29 is 9.59 Å². The first-order chi connectivity index (χ1) is 12.9. The molecule has 0 aromatic heterocycles. The normalized spacial score (nSPS) is 22.0. The van der Waals surface area contributed by atoms with E-state index in [9.17, 15) is 9.59 Å². The van der Waals surface area contributed by atoms with Gasteiger partial charge in [-0.2, -0.15) is 0 Å². The second-order valence-electron chi connectivity index (χ2n) is 8.11. The fourth-order valence-electron chi connectivity index (χ4n) is 4.10. The van der Waals surface area contributed by atoms with Crippen LogP contribution in [0.1, 0.15) is 49.9 Å². The molecule has 6 nitrogen and oxygen atoms in total. The van der Waals surface area contributed by atoms with Gasteiger partial charge in [-0.3, -0.25) is 9.59 Å². The van der Waals surface area contributed by atoms with Gasteiger partial charge in [-0.15, -0.1) is 0 Å². The van der Waals surface area contributed by atoms with Crippen LogP contribution < -0.4 is 16.0 Å². The van der Waals surface area contributed by atoms with Crippen LogP contribution in [0, 0.1) is 5.92 Å². The summed E-state index contributed by atoms with van der Waals surface area (Å²) in [6.45, 7) is 8.09. The molecule has 0 saturated carbocycles. The molecule has 1 aromatic rings. The van der Waals surface area contributed by atoms with Gasteiger partial charge >= 0.3 is 0 Å². The van der Waals surface area contributed by atoms with E-state index in [1.54, 1.807) is 0 Å². The van der Waals surface area contributed by atoms with Crippen molar-refractivity contribution in [1.82, 2.24) is 10.2 Å². The van der Waals surface area contributed by atoms with Gasteiger partial charge in [-0.05, 0) is 63.8 Å². The zero-order valence-electron chi connectivity index (χ0n) is 16.5. The van der Waals surface area contributed by atoms with Crippen molar-refractivity contribution in [3.8, 4) is 0 Å². The van der Waals surface area contributed by atoms with Gasteiger partial charge < -0.3 is 20.9 Å². The lowest BCUT2D eigenvalue weighted by Gasteiger charge is -2.35. The summed E-state index contributed by atoms with van der Waals surface area (Å²) < 4.78 is 0. The fraction of sp³-hybridized carbons (Fsp3) is 0.619. The summed E-state index contributed by atoms with van der Waals surface area (Å²) >= 11 is 0. The predicted octanol–water partition coefficient (Wildman–Crippen LogP) is 1.99. The van der Waals surface area contributed by atoms with E-state index < -0.39 is 0 Å². The number of nitrogens with one attached hydrogen (secondary N) is 1. The van der Waals surface area contributed by atoms with E-state index in [0.717, 1.165) is 51.0 Å². The standard InChI is InChI=1S/C21H32N4O2/c1-15(2)24-12-9-18(10-13-24)23-21(27)16-5-7-19(8-6-16)25-11-3-4-17(14-25)20(22)26/h5-8,15,17-18H,3-4,9-14H2,1-2H3,(H2,22,26)(H,23,27)/t17-/m1/s1. The summed E-state index contributed by atoms with van der Waals surface area (Å²) in [5, 5.41) is 3.18. The molecule has 0 unspecified atom stereocenters. The van der Waals surface area contributed by atoms with Crippen LogP contribution in [0.5, 0.6) is 0 Å². The molecule has 2 amide bonds. The van der Waals surface area contributed by atoms with E-state index in [1.165, 1.54) is 0 Å². The van der Waals surface area contributed by atoms with Crippen molar-refractivity contribution in [2.75, 3.05) is 31.1 Å². The third-order valence-corrected chi connectivity index (χ3v) is 5.91. The van der Waals surface area contributed by atoms with E-state index in [0.29, 0.717) is 18.2 Å². The number of carbonyl (C=O) groups is 2. The Labute approximate surface area is 162 Å². The van der Waals surface area contributed by atoms with E-state index in [4.69, 9.17) is 5.73 Å². The van der Waals surface area contributed by atoms with E-state index in [-0.39, 0.29) is 23.8 Å². The van der Waals surface area contributed by atoms with E-state index >= 15 is 0 Å². The average Bonchev–Trinajstić information content (AvgIpc) is 2.68. The number of primary amides is 1. The highest BCUT2D eigenvalue weighted by Gasteiger charge is 2.25. The zero-order chi connectivity index (χ0) is 19.4. The van der Waals surface area contributed by atoms with Gasteiger partial charge in [-0.25, -0.2) is 0 Å². The summed E-state index contributed by atoms with van der Waals surface area (Å²) in [4.78, 5) is 28.7. The molecule has 3 rings (SSSR count). The quantitative estimate of drug-likeness (QED) is 0.829. The Hall–Kier alpha value is -2.08. The number of hydrogen-bond acceptors (Lipinski definition) is 4. The van der Waals surface area contributed by atoms with Gasteiger partial charge in [0.25, 0.3) is 5.91 Å². The molecule has 6 heteroatoms. The summed E-state index contributed by atoms with van der Waals surface area (Å²) in [5.74, 6) is -0.309. The number of piperidine rings is 2. The molecule has 0 spiro atoms. The Kier molecular flexibility index (Phi) is 6.37. The number of nitrogens with two attached hydrogens (primary N) is 1. The maximum absolute atomic E-state index is 12.6. The number of carbonyl (C=O) groups excluding carboxylic acids is 2. The summed E-state index contributed by atoms with van der Waals surface area (Å²) in [5.41, 5.74) is 7.20. The van der Waals surface area contributed by atoms with Crippen LogP contribution >= 0.6 is 0 Å². The minimum Gasteiger partial charge on any atom is -0.371 e. The molecule has 2 fully saturated rings. The minimum absolute atomic E-state index is 0.00166. The third-order valence-electron chi connectivity index (χ3n) is 5.91. The average molecular weight is 373 g/mol. The lowest BCUT2D eigenvalue weighted by Crippen LogP contribution is -2.46. The number of hydrogen-bond donors (Lipinski definition) is 2. The maximum Gasteiger partial charge on any atom is 0.251 e. The molecular weight excluding hydrogens is 340 g/mol. The first kappa shape index (κ1) is 19.7.